The number of carbonyl (C=O) groups excluding carboxylic acids is 2. The molecule has 4 saturated carbocycles. The average molecular weight is 551 g/mol. The molecule has 6 aliphatic rings. The number of cyclic esters (lactones) is 1. The quantitative estimate of drug-likeness (QED) is 0.192. The second-order valence-electron chi connectivity index (χ2n) is 13.4. The Kier molecular flexibility index (Phi) is 6.62. The summed E-state index contributed by atoms with van der Waals surface area (Å²) < 4.78 is 16.9. The van der Waals surface area contributed by atoms with Crippen molar-refractivity contribution < 1.29 is 49.3 Å². The minimum absolute atomic E-state index is 0.0465. The third-order valence-corrected chi connectivity index (χ3v) is 12.0. The number of aliphatic hydroxyl groups excluding tert-OH is 3. The van der Waals surface area contributed by atoms with Crippen molar-refractivity contribution in [2.45, 2.75) is 120 Å². The SMILES string of the molecule is C[C@H]1O[C@@H](O[C@@H]2CC[C@]3(C=O)[C@H]4CC[C@]5(C)[C@@H](C6=CC(=O)OC6)CC[C@@]5(O)[C@@H]4CC[C@]3(O)C2)[C@@H](O)[C@@H](O)[C@H]1O. The Balaban J connectivity index is 1.22. The van der Waals surface area contributed by atoms with Gasteiger partial charge in [-0.25, -0.2) is 4.79 Å². The van der Waals surface area contributed by atoms with E-state index in [0.717, 1.165) is 18.3 Å². The molecule has 0 spiro atoms. The van der Waals surface area contributed by atoms with Crippen LogP contribution in [0.4, 0.5) is 0 Å². The zero-order valence-electron chi connectivity index (χ0n) is 22.7. The molecule has 2 heterocycles. The monoisotopic (exact) mass is 550 g/mol. The Hall–Kier alpha value is -1.40. The highest BCUT2D eigenvalue weighted by atomic mass is 16.7. The van der Waals surface area contributed by atoms with Crippen molar-refractivity contribution in [2.75, 3.05) is 6.61 Å². The van der Waals surface area contributed by atoms with Gasteiger partial charge < -0.3 is 44.5 Å². The zero-order chi connectivity index (χ0) is 28.0. The number of hydrogen-bond donors (Lipinski definition) is 5. The molecular formula is C29H42O10. The lowest BCUT2D eigenvalue weighted by molar-refractivity contribution is -0.317. The predicted molar refractivity (Wildman–Crippen MR) is 135 cm³/mol. The summed E-state index contributed by atoms with van der Waals surface area (Å²) in [5.41, 5.74) is -2.86. The fraction of sp³-hybridized carbons (Fsp3) is 0.862. The molecule has 5 fully saturated rings. The van der Waals surface area contributed by atoms with Crippen molar-refractivity contribution >= 4 is 12.3 Å². The predicted octanol–water partition coefficient (Wildman–Crippen LogP) is 0.750. The maximum absolute atomic E-state index is 13.0. The number of carbonyl (C=O) groups is 2. The molecule has 0 unspecified atom stereocenters. The highest BCUT2D eigenvalue weighted by molar-refractivity contribution is 5.85. The summed E-state index contributed by atoms with van der Waals surface area (Å²) in [4.78, 5) is 24.8. The number of ether oxygens (including phenoxy) is 3. The number of hydrogen-bond acceptors (Lipinski definition) is 10. The summed E-state index contributed by atoms with van der Waals surface area (Å²) in [6.07, 6.45) is 0.689. The van der Waals surface area contributed by atoms with E-state index in [9.17, 15) is 35.1 Å². The molecule has 1 saturated heterocycles. The van der Waals surface area contributed by atoms with Gasteiger partial charge in [0.05, 0.1) is 28.8 Å². The van der Waals surface area contributed by atoms with E-state index in [1.165, 1.54) is 0 Å². The Morgan fingerprint density at radius 2 is 1.72 bits per heavy atom. The lowest BCUT2D eigenvalue weighted by atomic mass is 9.41. The molecule has 2 aliphatic heterocycles. The molecule has 0 aromatic rings. The van der Waals surface area contributed by atoms with Crippen LogP contribution in [0.25, 0.3) is 0 Å². The Bertz CT molecular complexity index is 1050. The molecule has 0 radical (unpaired) electrons. The average Bonchev–Trinajstić information content (AvgIpc) is 3.45. The third-order valence-electron chi connectivity index (χ3n) is 12.0. The summed E-state index contributed by atoms with van der Waals surface area (Å²) in [7, 11) is 0. The van der Waals surface area contributed by atoms with Gasteiger partial charge in [-0.05, 0) is 81.6 Å². The second kappa shape index (κ2) is 9.31. The van der Waals surface area contributed by atoms with Crippen molar-refractivity contribution in [1.82, 2.24) is 0 Å². The molecule has 0 bridgehead atoms. The van der Waals surface area contributed by atoms with Gasteiger partial charge in [-0.1, -0.05) is 6.92 Å². The summed E-state index contributed by atoms with van der Waals surface area (Å²) in [6.45, 7) is 3.98. The zero-order valence-corrected chi connectivity index (χ0v) is 22.7. The smallest absolute Gasteiger partial charge is 0.331 e. The van der Waals surface area contributed by atoms with E-state index in [-0.39, 0.29) is 36.8 Å². The van der Waals surface area contributed by atoms with E-state index in [1.807, 2.05) is 0 Å². The molecule has 0 aromatic carbocycles. The molecule has 0 aromatic heterocycles. The Morgan fingerprint density at radius 3 is 2.41 bits per heavy atom. The van der Waals surface area contributed by atoms with Gasteiger partial charge in [0.25, 0.3) is 0 Å². The van der Waals surface area contributed by atoms with E-state index in [1.54, 1.807) is 13.0 Å². The maximum atomic E-state index is 13.0. The molecule has 5 N–H and O–H groups in total. The Labute approximate surface area is 228 Å². The van der Waals surface area contributed by atoms with Crippen LogP contribution >= 0.6 is 0 Å². The fourth-order valence-corrected chi connectivity index (χ4v) is 9.75. The summed E-state index contributed by atoms with van der Waals surface area (Å²) in [6, 6.07) is 0. The first kappa shape index (κ1) is 27.8. The van der Waals surface area contributed by atoms with E-state index in [0.29, 0.717) is 44.9 Å². The molecule has 218 valence electrons. The number of aldehydes is 1. The van der Waals surface area contributed by atoms with Crippen molar-refractivity contribution in [3.05, 3.63) is 11.6 Å². The molecular weight excluding hydrogens is 508 g/mol. The summed E-state index contributed by atoms with van der Waals surface area (Å²) in [5.74, 6) is -0.616. The van der Waals surface area contributed by atoms with Gasteiger partial charge in [-0.15, -0.1) is 0 Å². The van der Waals surface area contributed by atoms with Gasteiger partial charge in [-0.3, -0.25) is 0 Å². The first-order valence-electron chi connectivity index (χ1n) is 14.5. The highest BCUT2D eigenvalue weighted by Gasteiger charge is 2.71. The van der Waals surface area contributed by atoms with E-state index >= 15 is 0 Å². The molecule has 13 atom stereocenters. The number of fused-ring (bicyclic) bond motifs is 5. The van der Waals surface area contributed by atoms with Crippen LogP contribution in [0, 0.1) is 28.6 Å². The lowest BCUT2D eigenvalue weighted by Gasteiger charge is -2.65. The standard InChI is InChI=1S/C29H42O10/c1-15-22(32)23(33)24(34)25(38-15)39-17-3-8-27(14-30)19-4-7-26(2)18(16-11-21(31)37-13-16)6-10-29(26,36)20(19)5-9-28(27,35)12-17/h11,14-15,17-20,22-25,32-36H,3-10,12-13H2,1-2H3/t15-,17-,18-,19+,20-,22+,23+,24+,25+,26-,27+,28+,29-/m1/s1. The van der Waals surface area contributed by atoms with Gasteiger partial charge >= 0.3 is 5.97 Å². The van der Waals surface area contributed by atoms with Crippen molar-refractivity contribution in [3.63, 3.8) is 0 Å². The number of rotatable bonds is 4. The maximum Gasteiger partial charge on any atom is 0.331 e. The molecule has 39 heavy (non-hydrogen) atoms. The number of aliphatic hydroxyl groups is 5. The van der Waals surface area contributed by atoms with E-state index in [4.69, 9.17) is 14.2 Å². The van der Waals surface area contributed by atoms with Crippen LogP contribution in [-0.4, -0.2) is 92.4 Å². The molecule has 4 aliphatic carbocycles. The largest absolute Gasteiger partial charge is 0.458 e. The van der Waals surface area contributed by atoms with Crippen LogP contribution in [0.2, 0.25) is 0 Å². The van der Waals surface area contributed by atoms with E-state index in [2.05, 4.69) is 6.92 Å². The van der Waals surface area contributed by atoms with Gasteiger partial charge in [0.1, 0.15) is 31.2 Å². The molecule has 0 amide bonds. The van der Waals surface area contributed by atoms with Crippen LogP contribution in [0.5, 0.6) is 0 Å². The van der Waals surface area contributed by atoms with Crippen molar-refractivity contribution in [3.8, 4) is 0 Å². The van der Waals surface area contributed by atoms with Gasteiger partial charge in [-0.2, -0.15) is 0 Å². The fourth-order valence-electron chi connectivity index (χ4n) is 9.75. The lowest BCUT2D eigenvalue weighted by Crippen LogP contribution is -2.69. The van der Waals surface area contributed by atoms with E-state index < -0.39 is 58.8 Å². The summed E-state index contributed by atoms with van der Waals surface area (Å²) >= 11 is 0. The van der Waals surface area contributed by atoms with Crippen LogP contribution in [-0.2, 0) is 23.8 Å². The molecule has 10 heteroatoms. The van der Waals surface area contributed by atoms with Crippen LogP contribution < -0.4 is 0 Å². The van der Waals surface area contributed by atoms with Crippen LogP contribution in [0.3, 0.4) is 0 Å². The topological polar surface area (TPSA) is 163 Å². The minimum atomic E-state index is -1.43. The van der Waals surface area contributed by atoms with Crippen molar-refractivity contribution in [1.29, 1.82) is 0 Å². The van der Waals surface area contributed by atoms with Gasteiger partial charge in [0.15, 0.2) is 6.29 Å². The third kappa shape index (κ3) is 3.78. The van der Waals surface area contributed by atoms with Gasteiger partial charge in [0.2, 0.25) is 0 Å². The van der Waals surface area contributed by atoms with Crippen LogP contribution in [0.15, 0.2) is 11.6 Å². The second-order valence-corrected chi connectivity index (χ2v) is 13.4. The number of esters is 1. The van der Waals surface area contributed by atoms with Crippen LogP contribution in [0.1, 0.15) is 71.6 Å². The first-order chi connectivity index (χ1) is 18.4. The van der Waals surface area contributed by atoms with Gasteiger partial charge in [0, 0.05) is 17.9 Å². The minimum Gasteiger partial charge on any atom is -0.458 e. The normalized spacial score (nSPS) is 55.2. The molecule has 10 nitrogen and oxygen atoms in total. The first-order valence-corrected chi connectivity index (χ1v) is 14.5. The molecule has 6 rings (SSSR count). The van der Waals surface area contributed by atoms with Crippen molar-refractivity contribution in [2.24, 2.45) is 28.6 Å². The Morgan fingerprint density at radius 1 is 0.974 bits per heavy atom. The highest BCUT2D eigenvalue weighted by Crippen LogP contribution is 2.70. The summed E-state index contributed by atoms with van der Waals surface area (Å²) in [5, 5.41) is 55.0.